The second kappa shape index (κ2) is 9.84. The van der Waals surface area contributed by atoms with Crippen LogP contribution in [0.5, 0.6) is 0 Å². The average molecular weight is 430 g/mol. The van der Waals surface area contributed by atoms with E-state index in [1.807, 2.05) is 18.2 Å². The third kappa shape index (κ3) is 6.02. The Labute approximate surface area is 177 Å². The number of nitrogens with one attached hydrogen (secondary N) is 3. The van der Waals surface area contributed by atoms with E-state index in [4.69, 9.17) is 11.6 Å². The van der Waals surface area contributed by atoms with Crippen molar-refractivity contribution in [2.75, 3.05) is 22.5 Å². The summed E-state index contributed by atoms with van der Waals surface area (Å²) in [5.41, 5.74) is 1.61. The quantitative estimate of drug-likeness (QED) is 0.503. The van der Waals surface area contributed by atoms with Gasteiger partial charge in [0.05, 0.1) is 23.7 Å². The topological polar surface area (TPSA) is 70.2 Å². The van der Waals surface area contributed by atoms with Crippen molar-refractivity contribution in [3.63, 3.8) is 0 Å². The molecular formula is C22H18ClF2N3O2. The minimum absolute atomic E-state index is 0.00616. The Morgan fingerprint density at radius 1 is 0.800 bits per heavy atom. The number of rotatable bonds is 7. The fourth-order valence-corrected chi connectivity index (χ4v) is 2.85. The third-order valence-electron chi connectivity index (χ3n) is 4.10. The molecule has 0 atom stereocenters. The van der Waals surface area contributed by atoms with Crippen LogP contribution in [0.2, 0.25) is 5.02 Å². The number of carbonyl (C=O) groups is 2. The van der Waals surface area contributed by atoms with Crippen LogP contribution >= 0.6 is 11.6 Å². The minimum atomic E-state index is -0.590. The number of hydrogen-bond donors (Lipinski definition) is 3. The molecule has 0 aliphatic carbocycles. The molecule has 0 fully saturated rings. The molecule has 3 N–H and O–H groups in total. The summed E-state index contributed by atoms with van der Waals surface area (Å²) in [6.07, 6.45) is 0.112. The molecule has 0 bridgehead atoms. The highest BCUT2D eigenvalue weighted by Gasteiger charge is 2.10. The molecule has 0 aliphatic heterocycles. The number of hydrogen-bond acceptors (Lipinski definition) is 3. The number of anilines is 3. The lowest BCUT2D eigenvalue weighted by molar-refractivity contribution is -0.116. The van der Waals surface area contributed by atoms with Gasteiger partial charge in [0.2, 0.25) is 11.8 Å². The summed E-state index contributed by atoms with van der Waals surface area (Å²) in [5.74, 6) is -1.94. The van der Waals surface area contributed by atoms with Gasteiger partial charge in [0.15, 0.2) is 0 Å². The number of amides is 2. The van der Waals surface area contributed by atoms with Crippen molar-refractivity contribution in [1.29, 1.82) is 0 Å². The normalized spacial score (nSPS) is 10.4. The van der Waals surface area contributed by atoms with Crippen LogP contribution in [0.3, 0.4) is 0 Å². The first-order chi connectivity index (χ1) is 14.4. The first-order valence-electron chi connectivity index (χ1n) is 9.03. The summed E-state index contributed by atoms with van der Waals surface area (Å²) >= 11 is 5.68. The van der Waals surface area contributed by atoms with E-state index in [1.54, 1.807) is 12.1 Å². The van der Waals surface area contributed by atoms with Crippen LogP contribution in [0, 0.1) is 11.6 Å². The number of benzene rings is 3. The van der Waals surface area contributed by atoms with Crippen LogP contribution < -0.4 is 16.0 Å². The van der Waals surface area contributed by atoms with Gasteiger partial charge in [0, 0.05) is 11.4 Å². The zero-order valence-electron chi connectivity index (χ0n) is 15.7. The van der Waals surface area contributed by atoms with Gasteiger partial charge in [-0.3, -0.25) is 9.59 Å². The van der Waals surface area contributed by atoms with Crippen LogP contribution in [-0.2, 0) is 16.0 Å². The summed E-state index contributed by atoms with van der Waals surface area (Å²) < 4.78 is 27.2. The Hall–Kier alpha value is -3.45. The number of halogens is 3. The molecule has 3 rings (SSSR count). The standard InChI is InChI=1S/C22H18ClF2N3O2/c23-17-11-16(7-8-18(17)24)27-22(30)13-26-15-6-9-19(25)20(12-15)28-21(29)10-14-4-2-1-3-5-14/h1-9,11-12,26H,10,13H2,(H,27,30)(H,28,29). The Balaban J connectivity index is 1.57. The smallest absolute Gasteiger partial charge is 0.243 e. The lowest BCUT2D eigenvalue weighted by atomic mass is 10.1. The summed E-state index contributed by atoms with van der Waals surface area (Å²) in [7, 11) is 0. The molecule has 5 nitrogen and oxygen atoms in total. The summed E-state index contributed by atoms with van der Waals surface area (Å²) in [4.78, 5) is 24.2. The van der Waals surface area contributed by atoms with Crippen molar-refractivity contribution in [2.45, 2.75) is 6.42 Å². The van der Waals surface area contributed by atoms with Gasteiger partial charge in [0.1, 0.15) is 11.6 Å². The van der Waals surface area contributed by atoms with Crippen LogP contribution in [0.1, 0.15) is 5.56 Å². The van der Waals surface area contributed by atoms with Crippen molar-refractivity contribution in [3.8, 4) is 0 Å². The molecular weight excluding hydrogens is 412 g/mol. The zero-order chi connectivity index (χ0) is 21.5. The van der Waals surface area contributed by atoms with E-state index in [9.17, 15) is 18.4 Å². The van der Waals surface area contributed by atoms with Crippen LogP contribution in [-0.4, -0.2) is 18.4 Å². The molecule has 0 saturated carbocycles. The van der Waals surface area contributed by atoms with Gasteiger partial charge in [0.25, 0.3) is 0 Å². The minimum Gasteiger partial charge on any atom is -0.376 e. The molecule has 0 spiro atoms. The number of carbonyl (C=O) groups excluding carboxylic acids is 2. The van der Waals surface area contributed by atoms with Crippen LogP contribution in [0.4, 0.5) is 25.8 Å². The summed E-state index contributed by atoms with van der Waals surface area (Å²) in [6.45, 7) is -0.127. The van der Waals surface area contributed by atoms with Gasteiger partial charge in [-0.05, 0) is 42.0 Å². The highest BCUT2D eigenvalue weighted by molar-refractivity contribution is 6.31. The van der Waals surface area contributed by atoms with Gasteiger partial charge in [-0.25, -0.2) is 8.78 Å². The Morgan fingerprint density at radius 3 is 2.23 bits per heavy atom. The molecule has 0 saturated heterocycles. The molecule has 3 aromatic carbocycles. The zero-order valence-corrected chi connectivity index (χ0v) is 16.5. The fourth-order valence-electron chi connectivity index (χ4n) is 2.67. The van der Waals surface area contributed by atoms with E-state index in [0.29, 0.717) is 11.4 Å². The average Bonchev–Trinajstić information content (AvgIpc) is 2.72. The lowest BCUT2D eigenvalue weighted by Crippen LogP contribution is -2.22. The Bertz CT molecular complexity index is 1060. The van der Waals surface area contributed by atoms with E-state index in [-0.39, 0.29) is 29.6 Å². The molecule has 0 aromatic heterocycles. The lowest BCUT2D eigenvalue weighted by Gasteiger charge is -2.11. The molecule has 0 unspecified atom stereocenters. The molecule has 2 amide bonds. The first-order valence-corrected chi connectivity index (χ1v) is 9.40. The predicted molar refractivity (Wildman–Crippen MR) is 114 cm³/mol. The molecule has 30 heavy (non-hydrogen) atoms. The van der Waals surface area contributed by atoms with E-state index < -0.39 is 17.5 Å². The summed E-state index contributed by atoms with van der Waals surface area (Å²) in [5, 5.41) is 7.85. The Kier molecular flexibility index (Phi) is 6.98. The molecule has 154 valence electrons. The van der Waals surface area contributed by atoms with Gasteiger partial charge in [-0.2, -0.15) is 0 Å². The van der Waals surface area contributed by atoms with Gasteiger partial charge in [-0.1, -0.05) is 41.9 Å². The maximum atomic E-state index is 14.1. The largest absolute Gasteiger partial charge is 0.376 e. The fraction of sp³-hybridized carbons (Fsp3) is 0.0909. The highest BCUT2D eigenvalue weighted by Crippen LogP contribution is 2.21. The molecule has 8 heteroatoms. The van der Waals surface area contributed by atoms with Gasteiger partial charge < -0.3 is 16.0 Å². The maximum absolute atomic E-state index is 14.1. The van der Waals surface area contributed by atoms with Crippen molar-refractivity contribution in [1.82, 2.24) is 0 Å². The van der Waals surface area contributed by atoms with Gasteiger partial charge in [-0.15, -0.1) is 0 Å². The SMILES string of the molecule is O=C(CNc1ccc(F)c(NC(=O)Cc2ccccc2)c1)Nc1ccc(F)c(Cl)c1. The van der Waals surface area contributed by atoms with E-state index in [0.717, 1.165) is 11.6 Å². The van der Waals surface area contributed by atoms with Crippen molar-refractivity contribution in [3.05, 3.63) is 89.0 Å². The van der Waals surface area contributed by atoms with Crippen molar-refractivity contribution >= 4 is 40.5 Å². The molecule has 3 aromatic rings. The maximum Gasteiger partial charge on any atom is 0.243 e. The first kappa shape index (κ1) is 21.3. The third-order valence-corrected chi connectivity index (χ3v) is 4.39. The second-order valence-corrected chi connectivity index (χ2v) is 6.84. The predicted octanol–water partition coefficient (Wildman–Crippen LogP) is 4.85. The van der Waals surface area contributed by atoms with Crippen molar-refractivity contribution in [2.24, 2.45) is 0 Å². The molecule has 0 heterocycles. The van der Waals surface area contributed by atoms with Crippen LogP contribution in [0.25, 0.3) is 0 Å². The summed E-state index contributed by atoms with van der Waals surface area (Å²) in [6, 6.07) is 17.0. The van der Waals surface area contributed by atoms with E-state index >= 15 is 0 Å². The van der Waals surface area contributed by atoms with Crippen molar-refractivity contribution < 1.29 is 18.4 Å². The molecule has 0 radical (unpaired) electrons. The monoisotopic (exact) mass is 429 g/mol. The van der Waals surface area contributed by atoms with Gasteiger partial charge >= 0.3 is 0 Å². The Morgan fingerprint density at radius 2 is 1.50 bits per heavy atom. The highest BCUT2D eigenvalue weighted by atomic mass is 35.5. The van der Waals surface area contributed by atoms with Crippen LogP contribution in [0.15, 0.2) is 66.7 Å². The molecule has 0 aliphatic rings. The van der Waals surface area contributed by atoms with E-state index in [2.05, 4.69) is 16.0 Å². The second-order valence-electron chi connectivity index (χ2n) is 6.44. The van der Waals surface area contributed by atoms with E-state index in [1.165, 1.54) is 30.3 Å².